The van der Waals surface area contributed by atoms with Gasteiger partial charge in [-0.2, -0.15) is 0 Å². The van der Waals surface area contributed by atoms with Crippen LogP contribution < -0.4 is 11.1 Å². The van der Waals surface area contributed by atoms with Gasteiger partial charge in [0.15, 0.2) is 0 Å². The summed E-state index contributed by atoms with van der Waals surface area (Å²) >= 11 is 14.4. The van der Waals surface area contributed by atoms with E-state index in [0.717, 1.165) is 0 Å². The van der Waals surface area contributed by atoms with E-state index in [1.165, 1.54) is 0 Å². The quantitative estimate of drug-likeness (QED) is 0.773. The number of nitrogens with one attached hydrogen (secondary N) is 1. The predicted octanol–water partition coefficient (Wildman–Crippen LogP) is 4.13. The standard InChI is InChI=1S/C13H16BrClN2OS/c1-3-13(4-2,11(16)19)12(18)17-9-7-5-6-8(15)10(9)14/h5-7H,3-4H2,1-2H3,(H2,16,19)(H,17,18). The molecule has 0 saturated carbocycles. The van der Waals surface area contributed by atoms with Crippen LogP contribution in [0.4, 0.5) is 5.69 Å². The zero-order valence-corrected chi connectivity index (χ0v) is 14.0. The molecule has 0 aliphatic carbocycles. The SMILES string of the molecule is CCC(CC)(C(=O)Nc1cccc(Cl)c1Br)C(N)=S. The molecule has 104 valence electrons. The van der Waals surface area contributed by atoms with E-state index < -0.39 is 5.41 Å². The average Bonchev–Trinajstić information content (AvgIpc) is 2.36. The molecule has 0 bridgehead atoms. The first-order chi connectivity index (χ1) is 8.89. The molecule has 1 rings (SSSR count). The number of carbonyl (C=O) groups excluding carboxylic acids is 1. The van der Waals surface area contributed by atoms with E-state index >= 15 is 0 Å². The van der Waals surface area contributed by atoms with E-state index in [4.69, 9.17) is 29.6 Å². The van der Waals surface area contributed by atoms with Gasteiger partial charge in [0.1, 0.15) is 0 Å². The molecule has 0 fully saturated rings. The van der Waals surface area contributed by atoms with Crippen molar-refractivity contribution in [3.05, 3.63) is 27.7 Å². The average molecular weight is 364 g/mol. The Labute approximate surface area is 132 Å². The van der Waals surface area contributed by atoms with E-state index in [2.05, 4.69) is 21.2 Å². The van der Waals surface area contributed by atoms with Crippen molar-refractivity contribution in [2.24, 2.45) is 11.1 Å². The van der Waals surface area contributed by atoms with Crippen LogP contribution in [0.2, 0.25) is 5.02 Å². The molecule has 0 aromatic heterocycles. The Kier molecular flexibility index (Phi) is 5.77. The highest BCUT2D eigenvalue weighted by Gasteiger charge is 2.38. The molecule has 6 heteroatoms. The lowest BCUT2D eigenvalue weighted by Gasteiger charge is -2.29. The van der Waals surface area contributed by atoms with Crippen LogP contribution in [-0.2, 0) is 4.79 Å². The van der Waals surface area contributed by atoms with Gasteiger partial charge in [-0.25, -0.2) is 0 Å². The molecular formula is C13H16BrClN2OS. The van der Waals surface area contributed by atoms with Crippen LogP contribution >= 0.6 is 39.7 Å². The third-order valence-corrected chi connectivity index (χ3v) is 5.10. The molecule has 0 radical (unpaired) electrons. The van der Waals surface area contributed by atoms with Gasteiger partial charge in [0, 0.05) is 0 Å². The predicted molar refractivity (Wildman–Crippen MR) is 87.6 cm³/mol. The van der Waals surface area contributed by atoms with Crippen LogP contribution in [0, 0.1) is 5.41 Å². The van der Waals surface area contributed by atoms with Crippen molar-refractivity contribution in [1.29, 1.82) is 0 Å². The van der Waals surface area contributed by atoms with Crippen LogP contribution in [-0.4, -0.2) is 10.9 Å². The van der Waals surface area contributed by atoms with Crippen molar-refractivity contribution in [3.8, 4) is 0 Å². The maximum absolute atomic E-state index is 12.5. The molecule has 19 heavy (non-hydrogen) atoms. The molecule has 0 heterocycles. The molecule has 0 saturated heterocycles. The maximum Gasteiger partial charge on any atom is 0.237 e. The van der Waals surface area contributed by atoms with Gasteiger partial charge in [0.2, 0.25) is 5.91 Å². The van der Waals surface area contributed by atoms with Gasteiger partial charge < -0.3 is 11.1 Å². The highest BCUT2D eigenvalue weighted by Crippen LogP contribution is 2.33. The van der Waals surface area contributed by atoms with Crippen LogP contribution in [0.5, 0.6) is 0 Å². The summed E-state index contributed by atoms with van der Waals surface area (Å²) in [5.41, 5.74) is 5.54. The fourth-order valence-corrected chi connectivity index (χ4v) is 2.79. The van der Waals surface area contributed by atoms with Crippen molar-refractivity contribution in [2.75, 3.05) is 5.32 Å². The van der Waals surface area contributed by atoms with Gasteiger partial charge in [-0.1, -0.05) is 43.7 Å². The Morgan fingerprint density at radius 1 is 1.47 bits per heavy atom. The number of thiocarbonyl (C=S) groups is 1. The fourth-order valence-electron chi connectivity index (χ4n) is 1.87. The topological polar surface area (TPSA) is 55.1 Å². The number of halogens is 2. The molecule has 1 amide bonds. The summed E-state index contributed by atoms with van der Waals surface area (Å²) in [6.07, 6.45) is 1.12. The normalized spacial score (nSPS) is 11.2. The lowest BCUT2D eigenvalue weighted by molar-refractivity contribution is -0.122. The summed E-state index contributed by atoms with van der Waals surface area (Å²) in [6, 6.07) is 5.27. The van der Waals surface area contributed by atoms with Crippen molar-refractivity contribution in [1.82, 2.24) is 0 Å². The third-order valence-electron chi connectivity index (χ3n) is 3.31. The summed E-state index contributed by atoms with van der Waals surface area (Å²) in [5, 5.41) is 3.37. The molecular weight excluding hydrogens is 348 g/mol. The summed E-state index contributed by atoms with van der Waals surface area (Å²) in [4.78, 5) is 12.7. The first-order valence-electron chi connectivity index (χ1n) is 5.94. The smallest absolute Gasteiger partial charge is 0.237 e. The number of hydrogen-bond acceptors (Lipinski definition) is 2. The van der Waals surface area contributed by atoms with Gasteiger partial charge in [-0.3, -0.25) is 4.79 Å². The second-order valence-electron chi connectivity index (χ2n) is 4.21. The Hall–Kier alpha value is -0.650. The van der Waals surface area contributed by atoms with E-state index in [1.54, 1.807) is 18.2 Å². The van der Waals surface area contributed by atoms with Crippen LogP contribution in [0.3, 0.4) is 0 Å². The number of nitrogens with two attached hydrogens (primary N) is 1. The molecule has 3 N–H and O–H groups in total. The van der Waals surface area contributed by atoms with E-state index in [0.29, 0.717) is 28.0 Å². The minimum atomic E-state index is -0.822. The molecule has 1 aromatic rings. The van der Waals surface area contributed by atoms with Gasteiger partial charge >= 0.3 is 0 Å². The molecule has 0 aliphatic heterocycles. The fraction of sp³-hybridized carbons (Fsp3) is 0.385. The second kappa shape index (κ2) is 6.68. The lowest BCUT2D eigenvalue weighted by atomic mass is 9.81. The monoisotopic (exact) mass is 362 g/mol. The molecule has 0 unspecified atom stereocenters. The van der Waals surface area contributed by atoms with E-state index in [-0.39, 0.29) is 10.9 Å². The molecule has 0 aliphatic rings. The van der Waals surface area contributed by atoms with Crippen molar-refractivity contribution in [3.63, 3.8) is 0 Å². The first-order valence-corrected chi connectivity index (χ1v) is 7.52. The molecule has 0 atom stereocenters. The molecule has 3 nitrogen and oxygen atoms in total. The van der Waals surface area contributed by atoms with E-state index in [1.807, 2.05) is 13.8 Å². The van der Waals surface area contributed by atoms with Gasteiger partial charge in [0.25, 0.3) is 0 Å². The van der Waals surface area contributed by atoms with Crippen molar-refractivity contribution >= 4 is 56.3 Å². The zero-order chi connectivity index (χ0) is 14.6. The second-order valence-corrected chi connectivity index (χ2v) is 5.85. The zero-order valence-electron chi connectivity index (χ0n) is 10.8. The Balaban J connectivity index is 3.07. The highest BCUT2D eigenvalue weighted by molar-refractivity contribution is 9.10. The third kappa shape index (κ3) is 3.27. The maximum atomic E-state index is 12.5. The number of anilines is 1. The van der Waals surface area contributed by atoms with Crippen LogP contribution in [0.1, 0.15) is 26.7 Å². The van der Waals surface area contributed by atoms with Gasteiger partial charge in [0.05, 0.1) is 25.6 Å². The largest absolute Gasteiger partial charge is 0.392 e. The minimum Gasteiger partial charge on any atom is -0.392 e. The van der Waals surface area contributed by atoms with Gasteiger partial charge in [-0.15, -0.1) is 0 Å². The number of benzene rings is 1. The lowest BCUT2D eigenvalue weighted by Crippen LogP contribution is -2.45. The number of amides is 1. The van der Waals surface area contributed by atoms with Crippen molar-refractivity contribution < 1.29 is 4.79 Å². The Morgan fingerprint density at radius 3 is 2.53 bits per heavy atom. The summed E-state index contributed by atoms with van der Waals surface area (Å²) in [7, 11) is 0. The number of rotatable bonds is 5. The molecule has 0 spiro atoms. The number of carbonyl (C=O) groups is 1. The minimum absolute atomic E-state index is 0.201. The summed E-state index contributed by atoms with van der Waals surface area (Å²) in [5.74, 6) is -0.201. The molecule has 1 aromatic carbocycles. The first kappa shape index (κ1) is 16.4. The highest BCUT2D eigenvalue weighted by atomic mass is 79.9. The summed E-state index contributed by atoms with van der Waals surface area (Å²) < 4.78 is 0.647. The summed E-state index contributed by atoms with van der Waals surface area (Å²) in [6.45, 7) is 3.80. The Bertz CT molecular complexity index is 503. The Morgan fingerprint density at radius 2 is 2.05 bits per heavy atom. The van der Waals surface area contributed by atoms with Crippen molar-refractivity contribution in [2.45, 2.75) is 26.7 Å². The van der Waals surface area contributed by atoms with Crippen LogP contribution in [0.25, 0.3) is 0 Å². The van der Waals surface area contributed by atoms with E-state index in [9.17, 15) is 4.79 Å². The van der Waals surface area contributed by atoms with Gasteiger partial charge in [-0.05, 0) is 40.9 Å². The number of hydrogen-bond donors (Lipinski definition) is 2. The van der Waals surface area contributed by atoms with Crippen LogP contribution in [0.15, 0.2) is 22.7 Å².